The summed E-state index contributed by atoms with van der Waals surface area (Å²) in [6, 6.07) is 16.3. The molecule has 4 aliphatic rings. The van der Waals surface area contributed by atoms with Crippen LogP contribution in [0.25, 0.3) is 0 Å². The first-order valence-electron chi connectivity index (χ1n) is 7.36. The van der Waals surface area contributed by atoms with Gasteiger partial charge >= 0.3 is 0 Å². The quantitative estimate of drug-likeness (QED) is 0.584. The zero-order chi connectivity index (χ0) is 15.1. The van der Waals surface area contributed by atoms with E-state index in [1.165, 1.54) is 0 Å². The summed E-state index contributed by atoms with van der Waals surface area (Å²) >= 11 is 3.89. The van der Waals surface area contributed by atoms with Gasteiger partial charge in [-0.2, -0.15) is 0 Å². The number of alkyl halides is 1. The summed E-state index contributed by atoms with van der Waals surface area (Å²) in [7, 11) is 0. The van der Waals surface area contributed by atoms with Gasteiger partial charge in [-0.25, -0.2) is 0 Å². The maximum Gasteiger partial charge on any atom is 0.232 e. The molecule has 3 aliphatic carbocycles. The molecule has 0 spiro atoms. The molecule has 4 heteroatoms. The topological polar surface area (TPSA) is 46.2 Å². The molecule has 0 unspecified atom stereocenters. The predicted octanol–water partition coefficient (Wildman–Crippen LogP) is 2.67. The summed E-state index contributed by atoms with van der Waals surface area (Å²) in [4.78, 5) is 24.9. The van der Waals surface area contributed by atoms with Gasteiger partial charge in [-0.05, 0) is 22.3 Å². The first-order chi connectivity index (χ1) is 10.6. The number of halogens is 1. The van der Waals surface area contributed by atoms with Crippen molar-refractivity contribution in [1.82, 2.24) is 5.32 Å². The molecule has 2 bridgehead atoms. The summed E-state index contributed by atoms with van der Waals surface area (Å²) in [5.74, 6) is -1.05. The maximum absolute atomic E-state index is 12.5. The van der Waals surface area contributed by atoms with E-state index < -0.39 is 4.32 Å². The number of hydrogen-bond acceptors (Lipinski definition) is 2. The minimum Gasteiger partial charge on any atom is -0.296 e. The van der Waals surface area contributed by atoms with Gasteiger partial charge in [-0.15, -0.1) is 0 Å². The van der Waals surface area contributed by atoms with Gasteiger partial charge in [0.05, 0.1) is 16.2 Å². The molecular weight excluding hydrogens is 342 g/mol. The van der Waals surface area contributed by atoms with Crippen molar-refractivity contribution in [3.05, 3.63) is 70.8 Å². The Labute approximate surface area is 135 Å². The van der Waals surface area contributed by atoms with Crippen molar-refractivity contribution < 1.29 is 9.59 Å². The van der Waals surface area contributed by atoms with Crippen LogP contribution < -0.4 is 5.32 Å². The van der Waals surface area contributed by atoms with Crippen LogP contribution in [0.2, 0.25) is 0 Å². The van der Waals surface area contributed by atoms with E-state index in [0.717, 1.165) is 22.3 Å². The van der Waals surface area contributed by atoms with Gasteiger partial charge in [0.25, 0.3) is 0 Å². The first kappa shape index (κ1) is 12.6. The lowest BCUT2D eigenvalue weighted by molar-refractivity contribution is -0.126. The number of amides is 2. The van der Waals surface area contributed by atoms with Crippen LogP contribution in [0.4, 0.5) is 0 Å². The molecule has 1 N–H and O–H groups in total. The van der Waals surface area contributed by atoms with Crippen LogP contribution in [-0.2, 0) is 13.9 Å². The Morgan fingerprint density at radius 1 is 0.864 bits per heavy atom. The largest absolute Gasteiger partial charge is 0.296 e. The molecule has 3 nitrogen and oxygen atoms in total. The lowest BCUT2D eigenvalue weighted by Gasteiger charge is -2.51. The van der Waals surface area contributed by atoms with Crippen LogP contribution in [0.15, 0.2) is 48.5 Å². The average molecular weight is 354 g/mol. The van der Waals surface area contributed by atoms with Crippen LogP contribution in [0.1, 0.15) is 28.2 Å². The Kier molecular flexibility index (Phi) is 2.22. The van der Waals surface area contributed by atoms with Gasteiger partial charge in [0.15, 0.2) is 0 Å². The number of carbonyl (C=O) groups is 2. The number of rotatable bonds is 0. The second-order valence-corrected chi connectivity index (χ2v) is 7.47. The lowest BCUT2D eigenvalue weighted by atomic mass is 9.55. The highest BCUT2D eigenvalue weighted by Gasteiger charge is 2.65. The molecule has 1 aliphatic heterocycles. The SMILES string of the molecule is O=C1NC(=O)[C@H]2[C@@H]1C1c3ccccc3C2(Br)c2ccccc21. The molecule has 2 amide bonds. The van der Waals surface area contributed by atoms with Gasteiger partial charge in [0, 0.05) is 5.92 Å². The fourth-order valence-corrected chi connectivity index (χ4v) is 5.82. The molecule has 2 aromatic rings. The third-order valence-corrected chi connectivity index (χ3v) is 6.70. The highest BCUT2D eigenvalue weighted by Crippen LogP contribution is 2.65. The second-order valence-electron chi connectivity index (χ2n) is 6.22. The third kappa shape index (κ3) is 1.20. The Hall–Kier alpha value is -1.94. The van der Waals surface area contributed by atoms with Crippen LogP contribution in [-0.4, -0.2) is 11.8 Å². The van der Waals surface area contributed by atoms with Gasteiger partial charge in [0.1, 0.15) is 0 Å². The fourth-order valence-electron chi connectivity index (χ4n) is 4.60. The van der Waals surface area contributed by atoms with E-state index in [1.54, 1.807) is 0 Å². The molecule has 22 heavy (non-hydrogen) atoms. The van der Waals surface area contributed by atoms with E-state index in [9.17, 15) is 9.59 Å². The third-order valence-electron chi connectivity index (χ3n) is 5.35. The zero-order valence-electron chi connectivity index (χ0n) is 11.5. The van der Waals surface area contributed by atoms with Crippen molar-refractivity contribution in [1.29, 1.82) is 0 Å². The Bertz CT molecular complexity index is 812. The molecule has 1 saturated heterocycles. The second kappa shape index (κ2) is 3.87. The van der Waals surface area contributed by atoms with Crippen LogP contribution in [0.5, 0.6) is 0 Å². The summed E-state index contributed by atoms with van der Waals surface area (Å²) in [5, 5.41) is 2.55. The highest BCUT2D eigenvalue weighted by molar-refractivity contribution is 9.09. The Balaban J connectivity index is 1.94. The molecule has 2 aromatic carbocycles. The highest BCUT2D eigenvalue weighted by atomic mass is 79.9. The van der Waals surface area contributed by atoms with Crippen molar-refractivity contribution in [2.75, 3.05) is 0 Å². The summed E-state index contributed by atoms with van der Waals surface area (Å²) in [6.45, 7) is 0. The molecule has 1 heterocycles. The Morgan fingerprint density at radius 2 is 1.41 bits per heavy atom. The van der Waals surface area contributed by atoms with Crippen molar-refractivity contribution in [3.63, 3.8) is 0 Å². The smallest absolute Gasteiger partial charge is 0.232 e. The molecule has 2 atom stereocenters. The molecular formula is C18H12BrNO2. The number of hydrogen-bond donors (Lipinski definition) is 1. The maximum atomic E-state index is 12.5. The standard InChI is InChI=1S/C18H12BrNO2/c19-18-11-7-3-1-5-9(11)13(10-6-2-4-8-12(10)18)14-15(18)17(22)20-16(14)21/h1-8,13-15H,(H,20,21,22)/t13?,14-,15+,18?/m0/s1. The van der Waals surface area contributed by atoms with Gasteiger partial charge in [0.2, 0.25) is 11.8 Å². The molecule has 1 fully saturated rings. The normalized spacial score (nSPS) is 34.0. The van der Waals surface area contributed by atoms with E-state index in [-0.39, 0.29) is 29.6 Å². The van der Waals surface area contributed by atoms with Gasteiger partial charge in [-0.3, -0.25) is 14.9 Å². The van der Waals surface area contributed by atoms with E-state index in [0.29, 0.717) is 0 Å². The lowest BCUT2D eigenvalue weighted by Crippen LogP contribution is -2.50. The average Bonchev–Trinajstić information content (AvgIpc) is 2.84. The molecule has 0 aromatic heterocycles. The van der Waals surface area contributed by atoms with Crippen LogP contribution in [0, 0.1) is 11.8 Å². The Morgan fingerprint density at radius 3 is 2.00 bits per heavy atom. The number of imide groups is 1. The van der Waals surface area contributed by atoms with Crippen molar-refractivity contribution in [3.8, 4) is 0 Å². The minimum atomic E-state index is -0.615. The summed E-state index contributed by atoms with van der Waals surface area (Å²) in [6.07, 6.45) is 0. The zero-order valence-corrected chi connectivity index (χ0v) is 13.1. The summed E-state index contributed by atoms with van der Waals surface area (Å²) in [5.41, 5.74) is 4.54. The van der Waals surface area contributed by atoms with E-state index >= 15 is 0 Å². The molecule has 6 rings (SSSR count). The monoisotopic (exact) mass is 353 g/mol. The number of carbonyl (C=O) groups excluding carboxylic acids is 2. The van der Waals surface area contributed by atoms with E-state index in [1.807, 2.05) is 24.3 Å². The first-order valence-corrected chi connectivity index (χ1v) is 8.15. The van der Waals surface area contributed by atoms with Crippen molar-refractivity contribution >= 4 is 27.7 Å². The van der Waals surface area contributed by atoms with Crippen molar-refractivity contribution in [2.24, 2.45) is 11.8 Å². The molecule has 0 saturated carbocycles. The van der Waals surface area contributed by atoms with E-state index in [4.69, 9.17) is 0 Å². The number of benzene rings is 2. The number of nitrogens with one attached hydrogen (secondary N) is 1. The van der Waals surface area contributed by atoms with Crippen LogP contribution in [0.3, 0.4) is 0 Å². The predicted molar refractivity (Wildman–Crippen MR) is 84.6 cm³/mol. The van der Waals surface area contributed by atoms with E-state index in [2.05, 4.69) is 45.5 Å². The van der Waals surface area contributed by atoms with Crippen molar-refractivity contribution in [2.45, 2.75) is 10.2 Å². The van der Waals surface area contributed by atoms with Gasteiger partial charge < -0.3 is 0 Å². The minimum absolute atomic E-state index is 0.0386. The molecule has 0 radical (unpaired) electrons. The fraction of sp³-hybridized carbons (Fsp3) is 0.222. The molecule has 108 valence electrons. The summed E-state index contributed by atoms with van der Waals surface area (Å²) < 4.78 is -0.615. The van der Waals surface area contributed by atoms with Crippen LogP contribution >= 0.6 is 15.9 Å². The van der Waals surface area contributed by atoms with Gasteiger partial charge in [-0.1, -0.05) is 64.5 Å².